The molecular formula is C29H38N2O6. The first-order valence-electron chi connectivity index (χ1n) is 12.7. The smallest absolute Gasteiger partial charge is 0.295 e. The molecule has 1 aliphatic rings. The third kappa shape index (κ3) is 6.63. The standard InChI is InChI=1S/C29H38N2O6/c1-7-17-36-23-14-11-21(18-24(23)35-6)26-25(28(33)29(34)31(26)16-8-15-30(4)5)27(32)20-9-12-22(13-10-20)37-19(2)3/h9-14,18-19,26,32H,7-8,15-17H2,1-6H3/t26-/m1/s1. The van der Waals surface area contributed by atoms with Crippen LogP contribution in [0, 0.1) is 0 Å². The highest BCUT2D eigenvalue weighted by atomic mass is 16.5. The molecule has 1 fully saturated rings. The minimum absolute atomic E-state index is 0.00574. The van der Waals surface area contributed by atoms with Crippen LogP contribution in [0.1, 0.15) is 50.8 Å². The molecule has 0 aromatic heterocycles. The van der Waals surface area contributed by atoms with Crippen LogP contribution in [-0.2, 0) is 9.59 Å². The maximum atomic E-state index is 13.3. The Labute approximate surface area is 219 Å². The fourth-order valence-electron chi connectivity index (χ4n) is 4.32. The molecule has 3 rings (SSSR count). The molecule has 1 aliphatic heterocycles. The molecule has 200 valence electrons. The Hall–Kier alpha value is -3.52. The van der Waals surface area contributed by atoms with Gasteiger partial charge in [0.2, 0.25) is 0 Å². The number of methoxy groups -OCH3 is 1. The molecule has 1 atom stereocenters. The molecule has 0 saturated carbocycles. The summed E-state index contributed by atoms with van der Waals surface area (Å²) in [5.41, 5.74) is 1.14. The van der Waals surface area contributed by atoms with E-state index in [1.165, 1.54) is 4.90 Å². The van der Waals surface area contributed by atoms with Crippen LogP contribution in [0.25, 0.3) is 5.76 Å². The molecule has 1 heterocycles. The lowest BCUT2D eigenvalue weighted by Crippen LogP contribution is -2.32. The third-order valence-corrected chi connectivity index (χ3v) is 6.01. The minimum atomic E-state index is -0.761. The third-order valence-electron chi connectivity index (χ3n) is 6.01. The summed E-state index contributed by atoms with van der Waals surface area (Å²) >= 11 is 0. The predicted molar refractivity (Wildman–Crippen MR) is 143 cm³/mol. The number of amides is 1. The highest BCUT2D eigenvalue weighted by Crippen LogP contribution is 2.42. The number of likely N-dealkylation sites (tertiary alicyclic amines) is 1. The maximum Gasteiger partial charge on any atom is 0.295 e. The number of Topliss-reactive ketones (excluding diaryl/α,β-unsaturated/α-hetero) is 1. The van der Waals surface area contributed by atoms with Crippen molar-refractivity contribution in [3.05, 3.63) is 59.2 Å². The molecule has 37 heavy (non-hydrogen) atoms. The molecule has 8 nitrogen and oxygen atoms in total. The monoisotopic (exact) mass is 510 g/mol. The molecule has 2 aromatic rings. The summed E-state index contributed by atoms with van der Waals surface area (Å²) in [7, 11) is 5.46. The molecule has 0 unspecified atom stereocenters. The van der Waals surface area contributed by atoms with Gasteiger partial charge in [-0.15, -0.1) is 0 Å². The minimum Gasteiger partial charge on any atom is -0.507 e. The van der Waals surface area contributed by atoms with Crippen molar-refractivity contribution < 1.29 is 28.9 Å². The van der Waals surface area contributed by atoms with Gasteiger partial charge in [-0.3, -0.25) is 9.59 Å². The average Bonchev–Trinajstić information content (AvgIpc) is 3.12. The number of aliphatic hydroxyl groups is 1. The van der Waals surface area contributed by atoms with Gasteiger partial charge in [0.05, 0.1) is 31.4 Å². The van der Waals surface area contributed by atoms with Crippen molar-refractivity contribution in [2.24, 2.45) is 0 Å². The van der Waals surface area contributed by atoms with Gasteiger partial charge in [-0.25, -0.2) is 0 Å². The number of ether oxygens (including phenoxy) is 3. The number of carbonyl (C=O) groups excluding carboxylic acids is 2. The van der Waals surface area contributed by atoms with E-state index in [1.807, 2.05) is 45.8 Å². The van der Waals surface area contributed by atoms with E-state index in [-0.39, 0.29) is 17.4 Å². The zero-order chi connectivity index (χ0) is 27.1. The molecule has 8 heteroatoms. The molecule has 1 N–H and O–H groups in total. The van der Waals surface area contributed by atoms with Gasteiger partial charge < -0.3 is 29.1 Å². The highest BCUT2D eigenvalue weighted by Gasteiger charge is 2.46. The molecule has 0 spiro atoms. The number of ketones is 1. The second-order valence-corrected chi connectivity index (χ2v) is 9.60. The summed E-state index contributed by atoms with van der Waals surface area (Å²) in [5.74, 6) is 0.174. The summed E-state index contributed by atoms with van der Waals surface area (Å²) in [6.07, 6.45) is 1.52. The van der Waals surface area contributed by atoms with Crippen molar-refractivity contribution in [1.29, 1.82) is 0 Å². The van der Waals surface area contributed by atoms with Crippen LogP contribution in [0.3, 0.4) is 0 Å². The van der Waals surface area contributed by atoms with Crippen LogP contribution >= 0.6 is 0 Å². The van der Waals surface area contributed by atoms with E-state index in [9.17, 15) is 14.7 Å². The van der Waals surface area contributed by atoms with Gasteiger partial charge in [-0.2, -0.15) is 0 Å². The Kier molecular flexibility index (Phi) is 9.58. The van der Waals surface area contributed by atoms with Gasteiger partial charge in [-0.1, -0.05) is 13.0 Å². The highest BCUT2D eigenvalue weighted by molar-refractivity contribution is 6.46. The number of hydrogen-bond acceptors (Lipinski definition) is 7. The van der Waals surface area contributed by atoms with E-state index in [1.54, 1.807) is 43.5 Å². The topological polar surface area (TPSA) is 88.5 Å². The number of aliphatic hydroxyl groups excluding tert-OH is 1. The van der Waals surface area contributed by atoms with Crippen molar-refractivity contribution in [1.82, 2.24) is 9.80 Å². The fourth-order valence-corrected chi connectivity index (χ4v) is 4.32. The van der Waals surface area contributed by atoms with Crippen LogP contribution in [0.5, 0.6) is 17.2 Å². The van der Waals surface area contributed by atoms with Gasteiger partial charge in [0.15, 0.2) is 11.5 Å². The van der Waals surface area contributed by atoms with E-state index >= 15 is 0 Å². The van der Waals surface area contributed by atoms with Crippen molar-refractivity contribution in [2.75, 3.05) is 40.9 Å². The van der Waals surface area contributed by atoms with Gasteiger partial charge in [0.25, 0.3) is 11.7 Å². The van der Waals surface area contributed by atoms with Gasteiger partial charge in [-0.05, 0) is 89.3 Å². The summed E-state index contributed by atoms with van der Waals surface area (Å²) in [6.45, 7) is 7.53. The molecule has 0 radical (unpaired) electrons. The van der Waals surface area contributed by atoms with Crippen LogP contribution in [0.15, 0.2) is 48.0 Å². The van der Waals surface area contributed by atoms with Crippen molar-refractivity contribution in [2.45, 2.75) is 45.8 Å². The molecule has 0 aliphatic carbocycles. The van der Waals surface area contributed by atoms with Crippen molar-refractivity contribution in [3.8, 4) is 17.2 Å². The molecule has 2 aromatic carbocycles. The summed E-state index contributed by atoms with van der Waals surface area (Å²) in [4.78, 5) is 30.0. The van der Waals surface area contributed by atoms with Gasteiger partial charge in [0, 0.05) is 12.1 Å². The van der Waals surface area contributed by atoms with Crippen LogP contribution in [0.4, 0.5) is 0 Å². The number of nitrogens with zero attached hydrogens (tertiary/aromatic N) is 2. The van der Waals surface area contributed by atoms with E-state index in [4.69, 9.17) is 14.2 Å². The number of benzene rings is 2. The first-order valence-corrected chi connectivity index (χ1v) is 12.7. The van der Waals surface area contributed by atoms with E-state index in [0.29, 0.717) is 47.9 Å². The molecule has 1 saturated heterocycles. The Balaban J connectivity index is 2.08. The largest absolute Gasteiger partial charge is 0.507 e. The SMILES string of the molecule is CCCOc1ccc([C@@H]2C(=C(O)c3ccc(OC(C)C)cc3)C(=O)C(=O)N2CCCN(C)C)cc1OC. The lowest BCUT2D eigenvalue weighted by atomic mass is 9.95. The summed E-state index contributed by atoms with van der Waals surface area (Å²) in [6, 6.07) is 11.4. The zero-order valence-corrected chi connectivity index (χ0v) is 22.6. The zero-order valence-electron chi connectivity index (χ0n) is 22.6. The second-order valence-electron chi connectivity index (χ2n) is 9.60. The van der Waals surface area contributed by atoms with Gasteiger partial charge in [0.1, 0.15) is 11.5 Å². The van der Waals surface area contributed by atoms with Crippen molar-refractivity contribution >= 4 is 17.4 Å². The van der Waals surface area contributed by atoms with Crippen LogP contribution in [0.2, 0.25) is 0 Å². The average molecular weight is 511 g/mol. The molecule has 0 bridgehead atoms. The lowest BCUT2D eigenvalue weighted by Gasteiger charge is -2.26. The Bertz CT molecular complexity index is 1120. The Morgan fingerprint density at radius 1 is 1.08 bits per heavy atom. The first-order chi connectivity index (χ1) is 17.7. The quantitative estimate of drug-likeness (QED) is 0.253. The maximum absolute atomic E-state index is 13.3. The fraction of sp³-hybridized carbons (Fsp3) is 0.448. The van der Waals surface area contributed by atoms with E-state index in [0.717, 1.165) is 13.0 Å². The summed E-state index contributed by atoms with van der Waals surface area (Å²) < 4.78 is 17.0. The van der Waals surface area contributed by atoms with Crippen molar-refractivity contribution in [3.63, 3.8) is 0 Å². The van der Waals surface area contributed by atoms with E-state index in [2.05, 4.69) is 0 Å². The van der Waals surface area contributed by atoms with Crippen LogP contribution < -0.4 is 14.2 Å². The molecular weight excluding hydrogens is 472 g/mol. The van der Waals surface area contributed by atoms with E-state index < -0.39 is 17.7 Å². The van der Waals surface area contributed by atoms with Crippen LogP contribution in [-0.4, -0.2) is 73.6 Å². The first kappa shape index (κ1) is 28.1. The predicted octanol–water partition coefficient (Wildman–Crippen LogP) is 4.64. The number of hydrogen-bond donors (Lipinski definition) is 1. The summed E-state index contributed by atoms with van der Waals surface area (Å²) in [5, 5.41) is 11.3. The second kappa shape index (κ2) is 12.6. The normalized spacial score (nSPS) is 17.1. The molecule has 1 amide bonds. The van der Waals surface area contributed by atoms with Gasteiger partial charge >= 0.3 is 0 Å². The Morgan fingerprint density at radius 2 is 1.78 bits per heavy atom. The number of carbonyl (C=O) groups is 2. The number of rotatable bonds is 12. The Morgan fingerprint density at radius 3 is 2.38 bits per heavy atom. The lowest BCUT2D eigenvalue weighted by molar-refractivity contribution is -0.139.